The highest BCUT2D eigenvalue weighted by atomic mass is 32.1. The van der Waals surface area contributed by atoms with E-state index in [1.807, 2.05) is 30.0 Å². The van der Waals surface area contributed by atoms with Crippen molar-refractivity contribution in [3.8, 4) is 0 Å². The lowest BCUT2D eigenvalue weighted by Crippen LogP contribution is -2.40. The molecule has 0 fully saturated rings. The molecule has 4 rings (SSSR count). The third-order valence-electron chi connectivity index (χ3n) is 4.47. The minimum atomic E-state index is -0.0656. The molecule has 5 heteroatoms. The number of carbonyl (C=O) groups is 1. The van der Waals surface area contributed by atoms with Gasteiger partial charge in [-0.1, -0.05) is 42.4 Å². The summed E-state index contributed by atoms with van der Waals surface area (Å²) in [6.45, 7) is 2.68. The van der Waals surface area contributed by atoms with Gasteiger partial charge in [-0.15, -0.1) is 11.3 Å². The molecule has 0 N–H and O–H groups in total. The summed E-state index contributed by atoms with van der Waals surface area (Å²) in [5.41, 5.74) is 2.75. The summed E-state index contributed by atoms with van der Waals surface area (Å²) in [5, 5.41) is 6.08. The van der Waals surface area contributed by atoms with Crippen LogP contribution >= 0.6 is 11.3 Å². The lowest BCUT2D eigenvalue weighted by Gasteiger charge is -2.35. The molecule has 122 valence electrons. The molecule has 1 unspecified atom stereocenters. The van der Waals surface area contributed by atoms with Crippen molar-refractivity contribution in [3.63, 3.8) is 0 Å². The minimum absolute atomic E-state index is 0.0597. The number of thiophene rings is 1. The number of hydrogen-bond acceptors (Lipinski definition) is 4. The zero-order valence-corrected chi connectivity index (χ0v) is 14.3. The fourth-order valence-electron chi connectivity index (χ4n) is 3.26. The maximum atomic E-state index is 13.1. The topological polar surface area (TPSA) is 46.3 Å². The Kier molecular flexibility index (Phi) is 3.94. The minimum Gasteiger partial charge on any atom is -0.361 e. The zero-order chi connectivity index (χ0) is 16.5. The Bertz CT molecular complexity index is 853. The van der Waals surface area contributed by atoms with Crippen molar-refractivity contribution in [1.29, 1.82) is 0 Å². The van der Waals surface area contributed by atoms with E-state index in [0.717, 1.165) is 24.2 Å². The number of benzene rings is 1. The summed E-state index contributed by atoms with van der Waals surface area (Å²) in [7, 11) is 0. The van der Waals surface area contributed by atoms with Gasteiger partial charge in [0.25, 0.3) is 5.91 Å². The third-order valence-corrected chi connectivity index (χ3v) is 5.47. The molecule has 1 aliphatic rings. The van der Waals surface area contributed by atoms with E-state index in [4.69, 9.17) is 4.52 Å². The second-order valence-corrected chi connectivity index (χ2v) is 6.89. The molecule has 3 heterocycles. The molecule has 1 atom stereocenters. The van der Waals surface area contributed by atoms with Crippen molar-refractivity contribution < 1.29 is 9.32 Å². The Balaban J connectivity index is 1.75. The monoisotopic (exact) mass is 338 g/mol. The van der Waals surface area contributed by atoms with Crippen molar-refractivity contribution in [2.75, 3.05) is 6.54 Å². The molecule has 0 bridgehead atoms. The van der Waals surface area contributed by atoms with Gasteiger partial charge in [-0.25, -0.2) is 0 Å². The van der Waals surface area contributed by atoms with Crippen LogP contribution in [0.25, 0.3) is 0 Å². The first-order valence-corrected chi connectivity index (χ1v) is 9.03. The van der Waals surface area contributed by atoms with Crippen molar-refractivity contribution in [2.45, 2.75) is 25.8 Å². The number of hydrogen-bond donors (Lipinski definition) is 0. The van der Waals surface area contributed by atoms with E-state index < -0.39 is 0 Å². The average Bonchev–Trinajstić information content (AvgIpc) is 3.30. The van der Waals surface area contributed by atoms with E-state index in [1.165, 1.54) is 10.4 Å². The summed E-state index contributed by atoms with van der Waals surface area (Å²) in [6, 6.07) is 14.0. The van der Waals surface area contributed by atoms with Crippen LogP contribution in [0.5, 0.6) is 0 Å². The first-order chi connectivity index (χ1) is 11.8. The third kappa shape index (κ3) is 2.55. The van der Waals surface area contributed by atoms with Gasteiger partial charge in [0.1, 0.15) is 5.76 Å². The molecule has 24 heavy (non-hydrogen) atoms. The molecule has 0 radical (unpaired) electrons. The molecule has 4 nitrogen and oxygen atoms in total. The van der Waals surface area contributed by atoms with Crippen LogP contribution in [0, 0.1) is 0 Å². The van der Waals surface area contributed by atoms with Crippen LogP contribution in [-0.4, -0.2) is 22.5 Å². The molecular weight excluding hydrogens is 320 g/mol. The van der Waals surface area contributed by atoms with Crippen LogP contribution in [0.1, 0.15) is 45.2 Å². The molecule has 1 aliphatic heterocycles. The SMILES string of the molecule is CCc1cc(C(=O)N2CCc3sccc3C2c2ccccc2)no1. The number of carbonyl (C=O) groups excluding carboxylic acids is 1. The van der Waals surface area contributed by atoms with Gasteiger partial charge in [-0.2, -0.15) is 0 Å². The zero-order valence-electron chi connectivity index (χ0n) is 13.4. The van der Waals surface area contributed by atoms with Gasteiger partial charge in [0.2, 0.25) is 0 Å². The Morgan fingerprint density at radius 2 is 2.17 bits per heavy atom. The summed E-state index contributed by atoms with van der Waals surface area (Å²) < 4.78 is 5.23. The molecule has 0 aliphatic carbocycles. The van der Waals surface area contributed by atoms with E-state index in [0.29, 0.717) is 12.2 Å². The molecule has 0 saturated carbocycles. The quantitative estimate of drug-likeness (QED) is 0.723. The van der Waals surface area contributed by atoms with Crippen molar-refractivity contribution >= 4 is 17.2 Å². The van der Waals surface area contributed by atoms with Crippen LogP contribution in [0.15, 0.2) is 52.4 Å². The molecule has 1 amide bonds. The summed E-state index contributed by atoms with van der Waals surface area (Å²) in [5.74, 6) is 0.673. The second-order valence-electron chi connectivity index (χ2n) is 5.89. The number of nitrogens with zero attached hydrogens (tertiary/aromatic N) is 2. The van der Waals surface area contributed by atoms with Crippen LogP contribution in [0.4, 0.5) is 0 Å². The normalized spacial score (nSPS) is 16.9. The van der Waals surface area contributed by atoms with Crippen molar-refractivity contribution in [2.24, 2.45) is 0 Å². The van der Waals surface area contributed by atoms with Crippen molar-refractivity contribution in [1.82, 2.24) is 10.1 Å². The fourth-order valence-corrected chi connectivity index (χ4v) is 4.16. The molecule has 0 saturated heterocycles. The number of aromatic nitrogens is 1. The smallest absolute Gasteiger partial charge is 0.276 e. The van der Waals surface area contributed by atoms with Gasteiger partial charge in [0, 0.05) is 23.9 Å². The molecule has 3 aromatic rings. The largest absolute Gasteiger partial charge is 0.361 e. The highest BCUT2D eigenvalue weighted by molar-refractivity contribution is 7.10. The van der Waals surface area contributed by atoms with Crippen LogP contribution in [-0.2, 0) is 12.8 Å². The van der Waals surface area contributed by atoms with E-state index in [9.17, 15) is 4.79 Å². The van der Waals surface area contributed by atoms with Gasteiger partial charge in [0.05, 0.1) is 6.04 Å². The highest BCUT2D eigenvalue weighted by Crippen LogP contribution is 2.38. The van der Waals surface area contributed by atoms with E-state index in [1.54, 1.807) is 17.4 Å². The fraction of sp³-hybridized carbons (Fsp3) is 0.263. The van der Waals surface area contributed by atoms with Gasteiger partial charge >= 0.3 is 0 Å². The van der Waals surface area contributed by atoms with E-state index in [-0.39, 0.29) is 11.9 Å². The lowest BCUT2D eigenvalue weighted by molar-refractivity contribution is 0.0685. The van der Waals surface area contributed by atoms with Crippen molar-refractivity contribution in [3.05, 3.63) is 75.3 Å². The predicted octanol–water partition coefficient (Wildman–Crippen LogP) is 4.09. The number of fused-ring (bicyclic) bond motifs is 1. The van der Waals surface area contributed by atoms with Crippen LogP contribution < -0.4 is 0 Å². The Morgan fingerprint density at radius 1 is 1.33 bits per heavy atom. The Morgan fingerprint density at radius 3 is 2.92 bits per heavy atom. The number of aryl methyl sites for hydroxylation is 1. The molecule has 2 aromatic heterocycles. The van der Waals surface area contributed by atoms with E-state index >= 15 is 0 Å². The molecular formula is C19H18N2O2S. The van der Waals surface area contributed by atoms with Gasteiger partial charge in [-0.05, 0) is 29.0 Å². The Labute approximate surface area is 144 Å². The highest BCUT2D eigenvalue weighted by Gasteiger charge is 2.34. The van der Waals surface area contributed by atoms with E-state index in [2.05, 4.69) is 28.7 Å². The summed E-state index contributed by atoms with van der Waals surface area (Å²) >= 11 is 1.77. The first kappa shape index (κ1) is 15.1. The summed E-state index contributed by atoms with van der Waals surface area (Å²) in [4.78, 5) is 16.3. The molecule has 0 spiro atoms. The van der Waals surface area contributed by atoms with Gasteiger partial charge in [0.15, 0.2) is 5.69 Å². The molecule has 1 aromatic carbocycles. The standard InChI is InChI=1S/C19H18N2O2S/c1-2-14-12-16(20-23-14)19(22)21-10-8-17-15(9-11-24-17)18(21)13-6-4-3-5-7-13/h3-7,9,11-12,18H,2,8,10H2,1H3. The maximum Gasteiger partial charge on any atom is 0.276 e. The number of amides is 1. The lowest BCUT2D eigenvalue weighted by atomic mass is 9.93. The Hall–Kier alpha value is -2.40. The average molecular weight is 338 g/mol. The predicted molar refractivity (Wildman–Crippen MR) is 93.2 cm³/mol. The van der Waals surface area contributed by atoms with Gasteiger partial charge in [-0.3, -0.25) is 4.79 Å². The summed E-state index contributed by atoms with van der Waals surface area (Å²) in [6.07, 6.45) is 1.62. The van der Waals surface area contributed by atoms with Gasteiger partial charge < -0.3 is 9.42 Å². The van der Waals surface area contributed by atoms with Crippen LogP contribution in [0.3, 0.4) is 0 Å². The van der Waals surface area contributed by atoms with Crippen LogP contribution in [0.2, 0.25) is 0 Å². The number of rotatable bonds is 3. The second kappa shape index (κ2) is 6.24. The first-order valence-electron chi connectivity index (χ1n) is 8.15. The maximum absolute atomic E-state index is 13.1.